The van der Waals surface area contributed by atoms with Gasteiger partial charge in [0.15, 0.2) is 0 Å². The van der Waals surface area contributed by atoms with Crippen molar-refractivity contribution in [2.75, 3.05) is 17.2 Å². The fourth-order valence-corrected chi connectivity index (χ4v) is 3.37. The molecule has 1 saturated carbocycles. The lowest BCUT2D eigenvalue weighted by atomic mass is 9.93. The van der Waals surface area contributed by atoms with Gasteiger partial charge in [0.05, 0.1) is 11.8 Å². The summed E-state index contributed by atoms with van der Waals surface area (Å²) in [4.78, 5) is 0. The van der Waals surface area contributed by atoms with E-state index >= 15 is 0 Å². The van der Waals surface area contributed by atoms with E-state index in [4.69, 9.17) is 4.74 Å². The Hall–Kier alpha value is -1.38. The van der Waals surface area contributed by atoms with Crippen LogP contribution in [0.4, 0.5) is 11.4 Å². The molecule has 0 amide bonds. The van der Waals surface area contributed by atoms with E-state index in [9.17, 15) is 0 Å². The molecule has 3 heteroatoms. The van der Waals surface area contributed by atoms with E-state index in [0.29, 0.717) is 5.54 Å². The van der Waals surface area contributed by atoms with Crippen LogP contribution in [-0.4, -0.2) is 18.2 Å². The standard InChI is InChI=1S/C16H24N2O/c1-12(2)19-14-7-5-6-13-15(14)17-11-10-16(18-13)8-3-4-9-16/h5-7,12,17-18H,3-4,8-11H2,1-2H3. The minimum Gasteiger partial charge on any atom is -0.489 e. The number of para-hydroxylation sites is 1. The second-order valence-corrected chi connectivity index (χ2v) is 6.13. The van der Waals surface area contributed by atoms with E-state index in [0.717, 1.165) is 18.0 Å². The van der Waals surface area contributed by atoms with Gasteiger partial charge < -0.3 is 15.4 Å². The Morgan fingerprint density at radius 1 is 1.16 bits per heavy atom. The Morgan fingerprint density at radius 3 is 2.68 bits per heavy atom. The average molecular weight is 260 g/mol. The minimum absolute atomic E-state index is 0.206. The molecule has 0 aromatic heterocycles. The van der Waals surface area contributed by atoms with Crippen LogP contribution in [0.5, 0.6) is 5.75 Å². The van der Waals surface area contributed by atoms with Gasteiger partial charge in [-0.25, -0.2) is 0 Å². The molecule has 1 heterocycles. The van der Waals surface area contributed by atoms with E-state index in [2.05, 4.69) is 42.7 Å². The lowest BCUT2D eigenvalue weighted by Crippen LogP contribution is -2.35. The lowest BCUT2D eigenvalue weighted by Gasteiger charge is -2.29. The van der Waals surface area contributed by atoms with Crippen LogP contribution in [0.15, 0.2) is 18.2 Å². The van der Waals surface area contributed by atoms with Gasteiger partial charge in [-0.05, 0) is 45.2 Å². The molecular weight excluding hydrogens is 236 g/mol. The largest absolute Gasteiger partial charge is 0.489 e. The zero-order chi connectivity index (χ0) is 13.3. The number of nitrogens with one attached hydrogen (secondary N) is 2. The van der Waals surface area contributed by atoms with E-state index in [1.54, 1.807) is 0 Å². The molecule has 2 aliphatic rings. The molecule has 1 aliphatic carbocycles. The summed E-state index contributed by atoms with van der Waals surface area (Å²) in [7, 11) is 0. The van der Waals surface area contributed by atoms with Gasteiger partial charge in [0, 0.05) is 12.1 Å². The summed E-state index contributed by atoms with van der Waals surface area (Å²) in [5, 5.41) is 7.37. The van der Waals surface area contributed by atoms with E-state index < -0.39 is 0 Å². The SMILES string of the molecule is CC(C)Oc1cccc2c1NCCC1(CCCC1)N2. The second-order valence-electron chi connectivity index (χ2n) is 6.13. The molecular formula is C16H24N2O. The molecule has 0 saturated heterocycles. The molecule has 1 aromatic carbocycles. The summed E-state index contributed by atoms with van der Waals surface area (Å²) in [6.07, 6.45) is 6.70. The van der Waals surface area contributed by atoms with Crippen molar-refractivity contribution in [3.63, 3.8) is 0 Å². The maximum absolute atomic E-state index is 5.92. The number of rotatable bonds is 2. The van der Waals surface area contributed by atoms with Crippen molar-refractivity contribution in [2.45, 2.75) is 57.6 Å². The fraction of sp³-hybridized carbons (Fsp3) is 0.625. The summed E-state index contributed by atoms with van der Waals surface area (Å²) in [5.74, 6) is 0.968. The highest BCUT2D eigenvalue weighted by Crippen LogP contribution is 2.42. The quantitative estimate of drug-likeness (QED) is 0.842. The van der Waals surface area contributed by atoms with Gasteiger partial charge in [-0.2, -0.15) is 0 Å². The van der Waals surface area contributed by atoms with Crippen LogP contribution in [0, 0.1) is 0 Å². The first-order valence-electron chi connectivity index (χ1n) is 7.50. The molecule has 1 spiro atoms. The van der Waals surface area contributed by atoms with E-state index in [-0.39, 0.29) is 6.10 Å². The summed E-state index contributed by atoms with van der Waals surface area (Å²) in [6.45, 7) is 5.17. The zero-order valence-electron chi connectivity index (χ0n) is 12.0. The van der Waals surface area contributed by atoms with Crippen LogP contribution in [-0.2, 0) is 0 Å². The first kappa shape index (κ1) is 12.6. The van der Waals surface area contributed by atoms with Crippen molar-refractivity contribution in [3.05, 3.63) is 18.2 Å². The van der Waals surface area contributed by atoms with Gasteiger partial charge in [-0.15, -0.1) is 0 Å². The third-order valence-electron chi connectivity index (χ3n) is 4.25. The van der Waals surface area contributed by atoms with Crippen molar-refractivity contribution in [1.29, 1.82) is 0 Å². The van der Waals surface area contributed by atoms with Crippen molar-refractivity contribution < 1.29 is 4.74 Å². The molecule has 1 aliphatic heterocycles. The van der Waals surface area contributed by atoms with Gasteiger partial charge in [-0.1, -0.05) is 18.9 Å². The highest BCUT2D eigenvalue weighted by atomic mass is 16.5. The van der Waals surface area contributed by atoms with E-state index in [1.165, 1.54) is 37.8 Å². The molecule has 0 unspecified atom stereocenters. The monoisotopic (exact) mass is 260 g/mol. The minimum atomic E-state index is 0.206. The maximum atomic E-state index is 5.92. The van der Waals surface area contributed by atoms with Gasteiger partial charge in [0.1, 0.15) is 11.4 Å². The highest BCUT2D eigenvalue weighted by Gasteiger charge is 2.35. The number of fused-ring (bicyclic) bond motifs is 1. The Bertz CT molecular complexity index is 450. The molecule has 0 atom stereocenters. The number of benzene rings is 1. The predicted molar refractivity (Wildman–Crippen MR) is 80.1 cm³/mol. The summed E-state index contributed by atoms with van der Waals surface area (Å²) >= 11 is 0. The summed E-state index contributed by atoms with van der Waals surface area (Å²) in [6, 6.07) is 6.31. The predicted octanol–water partition coefficient (Wildman–Crippen LogP) is 4.01. The van der Waals surface area contributed by atoms with Crippen molar-refractivity contribution >= 4 is 11.4 Å². The van der Waals surface area contributed by atoms with Crippen LogP contribution >= 0.6 is 0 Å². The molecule has 1 aromatic rings. The Morgan fingerprint density at radius 2 is 1.95 bits per heavy atom. The molecule has 19 heavy (non-hydrogen) atoms. The Balaban J connectivity index is 1.91. The average Bonchev–Trinajstić information content (AvgIpc) is 2.71. The van der Waals surface area contributed by atoms with Crippen LogP contribution in [0.2, 0.25) is 0 Å². The molecule has 104 valence electrons. The summed E-state index contributed by atoms with van der Waals surface area (Å²) in [5.41, 5.74) is 2.66. The van der Waals surface area contributed by atoms with Crippen molar-refractivity contribution in [1.82, 2.24) is 0 Å². The van der Waals surface area contributed by atoms with Crippen LogP contribution in [0.25, 0.3) is 0 Å². The molecule has 3 nitrogen and oxygen atoms in total. The first-order valence-corrected chi connectivity index (χ1v) is 7.50. The van der Waals surface area contributed by atoms with Gasteiger partial charge >= 0.3 is 0 Å². The molecule has 3 rings (SSSR count). The van der Waals surface area contributed by atoms with Gasteiger partial charge in [-0.3, -0.25) is 0 Å². The number of ether oxygens (including phenoxy) is 1. The van der Waals surface area contributed by atoms with Gasteiger partial charge in [0.2, 0.25) is 0 Å². The van der Waals surface area contributed by atoms with Crippen LogP contribution < -0.4 is 15.4 Å². The maximum Gasteiger partial charge on any atom is 0.144 e. The summed E-state index contributed by atoms with van der Waals surface area (Å²) < 4.78 is 5.92. The van der Waals surface area contributed by atoms with Crippen molar-refractivity contribution in [2.24, 2.45) is 0 Å². The first-order chi connectivity index (χ1) is 9.19. The van der Waals surface area contributed by atoms with E-state index in [1.807, 2.05) is 0 Å². The van der Waals surface area contributed by atoms with Crippen LogP contribution in [0.3, 0.4) is 0 Å². The number of hydrogen-bond donors (Lipinski definition) is 2. The molecule has 0 bridgehead atoms. The zero-order valence-corrected chi connectivity index (χ0v) is 12.0. The molecule has 1 fully saturated rings. The third kappa shape index (κ3) is 2.51. The molecule has 2 N–H and O–H groups in total. The van der Waals surface area contributed by atoms with Gasteiger partial charge in [0.25, 0.3) is 0 Å². The third-order valence-corrected chi connectivity index (χ3v) is 4.25. The fourth-order valence-electron chi connectivity index (χ4n) is 3.37. The number of anilines is 2. The Labute approximate surface area is 115 Å². The molecule has 0 radical (unpaired) electrons. The topological polar surface area (TPSA) is 33.3 Å². The normalized spacial score (nSPS) is 20.6. The highest BCUT2D eigenvalue weighted by molar-refractivity contribution is 5.77. The smallest absolute Gasteiger partial charge is 0.144 e. The number of hydrogen-bond acceptors (Lipinski definition) is 3. The van der Waals surface area contributed by atoms with Crippen molar-refractivity contribution in [3.8, 4) is 5.75 Å². The lowest BCUT2D eigenvalue weighted by molar-refractivity contribution is 0.244. The van der Waals surface area contributed by atoms with Crippen LogP contribution in [0.1, 0.15) is 46.0 Å². The Kier molecular flexibility index (Phi) is 3.29. The second kappa shape index (κ2) is 4.95.